The maximum atomic E-state index is 5.80. The van der Waals surface area contributed by atoms with Gasteiger partial charge in [-0.15, -0.1) is 6.42 Å². The molecule has 4 N–H and O–H groups in total. The average Bonchev–Trinajstić information content (AvgIpc) is 1.96. The van der Waals surface area contributed by atoms with Crippen LogP contribution in [0.4, 0.5) is 0 Å². The predicted octanol–water partition coefficient (Wildman–Crippen LogP) is 0.385. The lowest BCUT2D eigenvalue weighted by Crippen LogP contribution is -2.36. The topological polar surface area (TPSA) is 52.0 Å². The van der Waals surface area contributed by atoms with Crippen molar-refractivity contribution in [3.8, 4) is 12.3 Å². The summed E-state index contributed by atoms with van der Waals surface area (Å²) in [7, 11) is 0. The average molecular weight is 150 g/mol. The molecule has 0 aromatic heterocycles. The van der Waals surface area contributed by atoms with Gasteiger partial charge in [0.15, 0.2) is 0 Å². The Bertz CT molecular complexity index is 222. The zero-order valence-corrected chi connectivity index (χ0v) is 6.80. The van der Waals surface area contributed by atoms with E-state index in [1.165, 1.54) is 0 Å². The first-order valence-electron chi connectivity index (χ1n) is 3.82. The maximum absolute atomic E-state index is 5.80. The molecule has 2 nitrogen and oxygen atoms in total. The van der Waals surface area contributed by atoms with Gasteiger partial charge >= 0.3 is 0 Å². The van der Waals surface area contributed by atoms with Crippen molar-refractivity contribution in [2.45, 2.75) is 31.8 Å². The predicted molar refractivity (Wildman–Crippen MR) is 46.7 cm³/mol. The molecule has 0 bridgehead atoms. The van der Waals surface area contributed by atoms with Gasteiger partial charge in [-0.3, -0.25) is 0 Å². The Kier molecular flexibility index (Phi) is 2.33. The Balaban J connectivity index is 2.88. The highest BCUT2D eigenvalue weighted by Crippen LogP contribution is 2.21. The second-order valence-electron chi connectivity index (χ2n) is 3.11. The molecule has 0 radical (unpaired) electrons. The Hall–Kier alpha value is -0.780. The van der Waals surface area contributed by atoms with E-state index in [1.807, 2.05) is 6.92 Å². The number of hydrogen-bond donors (Lipinski definition) is 2. The van der Waals surface area contributed by atoms with Crippen LogP contribution in [0.3, 0.4) is 0 Å². The van der Waals surface area contributed by atoms with E-state index in [1.54, 1.807) is 0 Å². The minimum absolute atomic E-state index is 0.0739. The molecule has 0 fully saturated rings. The molecule has 1 rings (SSSR count). The lowest BCUT2D eigenvalue weighted by atomic mass is 9.86. The van der Waals surface area contributed by atoms with Crippen LogP contribution in [0.2, 0.25) is 0 Å². The standard InChI is InChI=1S/C9H14N2/c1-3-7-4-8(10)5-9(11)6(7)2/h1,8-9H,4-5,10-11H2,2H3/t8-,9+/m1/s1. The van der Waals surface area contributed by atoms with Gasteiger partial charge < -0.3 is 11.5 Å². The quantitative estimate of drug-likeness (QED) is 0.491. The summed E-state index contributed by atoms with van der Waals surface area (Å²) in [6.45, 7) is 1.99. The highest BCUT2D eigenvalue weighted by atomic mass is 14.7. The SMILES string of the molecule is C#CC1=C(C)[C@@H](N)C[C@H](N)C1. The Morgan fingerprint density at radius 3 is 2.73 bits per heavy atom. The van der Waals surface area contributed by atoms with Crippen molar-refractivity contribution in [2.75, 3.05) is 0 Å². The van der Waals surface area contributed by atoms with E-state index in [-0.39, 0.29) is 12.1 Å². The van der Waals surface area contributed by atoms with Crippen LogP contribution in [0, 0.1) is 12.3 Å². The van der Waals surface area contributed by atoms with E-state index in [0.29, 0.717) is 0 Å². The van der Waals surface area contributed by atoms with Crippen molar-refractivity contribution in [1.29, 1.82) is 0 Å². The maximum Gasteiger partial charge on any atom is 0.0277 e. The van der Waals surface area contributed by atoms with Crippen molar-refractivity contribution in [2.24, 2.45) is 11.5 Å². The molecule has 0 spiro atoms. The molecule has 0 amide bonds. The number of hydrogen-bond acceptors (Lipinski definition) is 2. The second kappa shape index (κ2) is 3.08. The third-order valence-corrected chi connectivity index (χ3v) is 2.23. The van der Waals surface area contributed by atoms with Gasteiger partial charge in [0.1, 0.15) is 0 Å². The molecule has 60 valence electrons. The Morgan fingerprint density at radius 1 is 1.55 bits per heavy atom. The third kappa shape index (κ3) is 1.62. The number of nitrogens with two attached hydrogens (primary N) is 2. The fourth-order valence-electron chi connectivity index (χ4n) is 1.41. The van der Waals surface area contributed by atoms with Gasteiger partial charge in [-0.1, -0.05) is 5.92 Å². The van der Waals surface area contributed by atoms with Gasteiger partial charge in [-0.05, 0) is 25.3 Å². The fourth-order valence-corrected chi connectivity index (χ4v) is 1.41. The minimum Gasteiger partial charge on any atom is -0.327 e. The molecule has 2 heteroatoms. The first-order valence-corrected chi connectivity index (χ1v) is 3.82. The van der Waals surface area contributed by atoms with Gasteiger partial charge in [0.2, 0.25) is 0 Å². The fraction of sp³-hybridized carbons (Fsp3) is 0.556. The molecule has 0 unspecified atom stereocenters. The Morgan fingerprint density at radius 2 is 2.18 bits per heavy atom. The highest BCUT2D eigenvalue weighted by molar-refractivity contribution is 5.35. The van der Waals surface area contributed by atoms with Crippen LogP contribution in [0.15, 0.2) is 11.1 Å². The summed E-state index contributed by atoms with van der Waals surface area (Å²) in [4.78, 5) is 0. The first-order chi connectivity index (χ1) is 5.15. The van der Waals surface area contributed by atoms with Crippen molar-refractivity contribution in [3.05, 3.63) is 11.1 Å². The molecular formula is C9H14N2. The smallest absolute Gasteiger partial charge is 0.0277 e. The molecular weight excluding hydrogens is 136 g/mol. The summed E-state index contributed by atoms with van der Waals surface area (Å²) in [6.07, 6.45) is 6.97. The van der Waals surface area contributed by atoms with Crippen LogP contribution in [-0.4, -0.2) is 12.1 Å². The first kappa shape index (κ1) is 8.32. The van der Waals surface area contributed by atoms with Crippen molar-refractivity contribution in [1.82, 2.24) is 0 Å². The molecule has 0 aliphatic heterocycles. The van der Waals surface area contributed by atoms with Crippen LogP contribution < -0.4 is 11.5 Å². The zero-order chi connectivity index (χ0) is 8.43. The van der Waals surface area contributed by atoms with Crippen LogP contribution >= 0.6 is 0 Å². The number of rotatable bonds is 0. The van der Waals surface area contributed by atoms with Crippen LogP contribution in [-0.2, 0) is 0 Å². The van der Waals surface area contributed by atoms with Crippen molar-refractivity contribution >= 4 is 0 Å². The lowest BCUT2D eigenvalue weighted by molar-refractivity contribution is 0.526. The molecule has 0 aromatic carbocycles. The van der Waals surface area contributed by atoms with E-state index < -0.39 is 0 Å². The van der Waals surface area contributed by atoms with Crippen LogP contribution in [0.5, 0.6) is 0 Å². The van der Waals surface area contributed by atoms with Gasteiger partial charge in [0, 0.05) is 17.7 Å². The summed E-state index contributed by atoms with van der Waals surface area (Å²) in [6, 6.07) is 0.226. The monoisotopic (exact) mass is 150 g/mol. The number of terminal acetylenes is 1. The van der Waals surface area contributed by atoms with E-state index in [2.05, 4.69) is 5.92 Å². The summed E-state index contributed by atoms with van der Waals surface area (Å²) in [5.41, 5.74) is 13.7. The highest BCUT2D eigenvalue weighted by Gasteiger charge is 2.20. The van der Waals surface area contributed by atoms with Gasteiger partial charge in [-0.25, -0.2) is 0 Å². The van der Waals surface area contributed by atoms with Crippen LogP contribution in [0.1, 0.15) is 19.8 Å². The summed E-state index contributed by atoms with van der Waals surface area (Å²) >= 11 is 0. The molecule has 1 aliphatic carbocycles. The Labute approximate surface area is 67.6 Å². The van der Waals surface area contributed by atoms with Gasteiger partial charge in [0.25, 0.3) is 0 Å². The second-order valence-corrected chi connectivity index (χ2v) is 3.11. The van der Waals surface area contributed by atoms with E-state index in [0.717, 1.165) is 24.0 Å². The molecule has 0 heterocycles. The summed E-state index contributed by atoms with van der Waals surface area (Å²) in [5, 5.41) is 0. The van der Waals surface area contributed by atoms with E-state index in [9.17, 15) is 0 Å². The molecule has 0 aromatic rings. The lowest BCUT2D eigenvalue weighted by Gasteiger charge is -2.25. The molecule has 2 atom stereocenters. The van der Waals surface area contributed by atoms with E-state index >= 15 is 0 Å². The van der Waals surface area contributed by atoms with Crippen LogP contribution in [0.25, 0.3) is 0 Å². The molecule has 1 aliphatic rings. The largest absolute Gasteiger partial charge is 0.327 e. The van der Waals surface area contributed by atoms with Gasteiger partial charge in [0.05, 0.1) is 0 Å². The van der Waals surface area contributed by atoms with E-state index in [4.69, 9.17) is 17.9 Å². The zero-order valence-electron chi connectivity index (χ0n) is 6.80. The minimum atomic E-state index is 0.0739. The molecule has 0 saturated carbocycles. The summed E-state index contributed by atoms with van der Waals surface area (Å²) in [5.74, 6) is 2.63. The normalized spacial score (nSPS) is 31.8. The third-order valence-electron chi connectivity index (χ3n) is 2.23. The molecule has 0 saturated heterocycles. The van der Waals surface area contributed by atoms with Crippen molar-refractivity contribution in [3.63, 3.8) is 0 Å². The van der Waals surface area contributed by atoms with Crippen molar-refractivity contribution < 1.29 is 0 Å². The molecule has 11 heavy (non-hydrogen) atoms. The van der Waals surface area contributed by atoms with Gasteiger partial charge in [-0.2, -0.15) is 0 Å². The summed E-state index contributed by atoms with van der Waals surface area (Å²) < 4.78 is 0.